The van der Waals surface area contributed by atoms with Crippen LogP contribution in [0.4, 0.5) is 5.69 Å². The second-order valence-electron chi connectivity index (χ2n) is 7.02. The lowest BCUT2D eigenvalue weighted by Crippen LogP contribution is -2.49. The zero-order valence-electron chi connectivity index (χ0n) is 16.3. The van der Waals surface area contributed by atoms with Crippen LogP contribution in [0.2, 0.25) is 0 Å². The zero-order chi connectivity index (χ0) is 20.4. The molecule has 0 saturated carbocycles. The maximum Gasteiger partial charge on any atom is 0.270 e. The summed E-state index contributed by atoms with van der Waals surface area (Å²) in [6, 6.07) is 18.0. The van der Waals surface area contributed by atoms with E-state index < -0.39 is 6.04 Å². The third-order valence-electron chi connectivity index (χ3n) is 4.88. The first-order valence-corrected chi connectivity index (χ1v) is 9.41. The zero-order valence-corrected chi connectivity index (χ0v) is 16.3. The number of likely N-dealkylation sites (N-methyl/N-ethyl adjacent to an activating group) is 1. The van der Waals surface area contributed by atoms with E-state index in [1.807, 2.05) is 61.5 Å². The fourth-order valence-electron chi connectivity index (χ4n) is 3.39. The van der Waals surface area contributed by atoms with Crippen LogP contribution in [-0.2, 0) is 11.3 Å². The normalized spacial score (nSPS) is 16.0. The van der Waals surface area contributed by atoms with Crippen LogP contribution in [0.3, 0.4) is 0 Å². The number of rotatable bonds is 4. The van der Waals surface area contributed by atoms with Crippen LogP contribution >= 0.6 is 0 Å². The number of ether oxygens (including phenoxy) is 1. The Kier molecular flexibility index (Phi) is 5.03. The Morgan fingerprint density at radius 1 is 1.17 bits per heavy atom. The summed E-state index contributed by atoms with van der Waals surface area (Å²) >= 11 is 0. The second kappa shape index (κ2) is 7.79. The highest BCUT2D eigenvalue weighted by molar-refractivity contribution is 6.02. The number of anilines is 1. The number of hydrogen-bond donors (Lipinski definition) is 1. The van der Waals surface area contributed by atoms with Gasteiger partial charge in [0.2, 0.25) is 0 Å². The van der Waals surface area contributed by atoms with Crippen molar-refractivity contribution >= 4 is 17.5 Å². The Bertz CT molecular complexity index is 1050. The van der Waals surface area contributed by atoms with Gasteiger partial charge < -0.3 is 15.0 Å². The SMILES string of the molecule is Cc1cc(C(=O)N[C@H]2COc3ccccc3N(C)C2=O)n(Cc2ccccc2)n1. The number of benzene rings is 2. The minimum atomic E-state index is -0.791. The molecule has 1 aromatic heterocycles. The van der Waals surface area contributed by atoms with Crippen LogP contribution in [0, 0.1) is 6.92 Å². The third kappa shape index (κ3) is 3.85. The number of carbonyl (C=O) groups is 2. The predicted octanol–water partition coefficient (Wildman–Crippen LogP) is 2.39. The summed E-state index contributed by atoms with van der Waals surface area (Å²) in [7, 11) is 1.68. The summed E-state index contributed by atoms with van der Waals surface area (Å²) in [4.78, 5) is 27.4. The Morgan fingerprint density at radius 3 is 2.69 bits per heavy atom. The molecule has 0 radical (unpaired) electrons. The average Bonchev–Trinajstić information content (AvgIpc) is 3.05. The van der Waals surface area contributed by atoms with Crippen molar-refractivity contribution in [2.45, 2.75) is 19.5 Å². The van der Waals surface area contributed by atoms with Gasteiger partial charge in [-0.2, -0.15) is 5.10 Å². The van der Waals surface area contributed by atoms with Gasteiger partial charge in [-0.15, -0.1) is 0 Å². The number of aryl methyl sites for hydroxylation is 1. The van der Waals surface area contributed by atoms with E-state index in [2.05, 4.69) is 10.4 Å². The second-order valence-corrected chi connectivity index (χ2v) is 7.02. The molecule has 0 unspecified atom stereocenters. The standard InChI is InChI=1S/C22H22N4O3/c1-15-12-19(26(24-15)13-16-8-4-3-5-9-16)21(27)23-17-14-29-20-11-7-6-10-18(20)25(2)22(17)28/h3-12,17H,13-14H2,1-2H3,(H,23,27)/t17-/m0/s1. The Balaban J connectivity index is 1.54. The quantitative estimate of drug-likeness (QED) is 0.742. The molecule has 0 saturated heterocycles. The van der Waals surface area contributed by atoms with Crippen molar-refractivity contribution in [3.8, 4) is 5.75 Å². The van der Waals surface area contributed by atoms with E-state index in [0.29, 0.717) is 23.7 Å². The summed E-state index contributed by atoms with van der Waals surface area (Å²) in [6.45, 7) is 2.37. The van der Waals surface area contributed by atoms with E-state index in [0.717, 1.165) is 11.3 Å². The number of aromatic nitrogens is 2. The maximum atomic E-state index is 13.0. The number of nitrogens with one attached hydrogen (secondary N) is 1. The van der Waals surface area contributed by atoms with E-state index in [9.17, 15) is 9.59 Å². The first-order chi connectivity index (χ1) is 14.0. The van der Waals surface area contributed by atoms with E-state index in [-0.39, 0.29) is 18.4 Å². The van der Waals surface area contributed by atoms with Crippen LogP contribution in [0.25, 0.3) is 0 Å². The van der Waals surface area contributed by atoms with Crippen LogP contribution in [0.1, 0.15) is 21.7 Å². The topological polar surface area (TPSA) is 76.5 Å². The summed E-state index contributed by atoms with van der Waals surface area (Å²) in [5, 5.41) is 7.25. The molecule has 2 heterocycles. The third-order valence-corrected chi connectivity index (χ3v) is 4.88. The minimum Gasteiger partial charge on any atom is -0.489 e. The van der Waals surface area contributed by atoms with Crippen molar-refractivity contribution in [1.82, 2.24) is 15.1 Å². The summed E-state index contributed by atoms with van der Waals surface area (Å²) in [5.41, 5.74) is 2.86. The van der Waals surface area contributed by atoms with Gasteiger partial charge in [0.05, 0.1) is 17.9 Å². The molecule has 0 fully saturated rings. The van der Waals surface area contributed by atoms with Gasteiger partial charge in [-0.05, 0) is 30.7 Å². The summed E-state index contributed by atoms with van der Waals surface area (Å²) in [5.74, 6) is 0.0297. The largest absolute Gasteiger partial charge is 0.489 e. The first-order valence-electron chi connectivity index (χ1n) is 9.41. The van der Waals surface area contributed by atoms with E-state index in [1.54, 1.807) is 17.8 Å². The monoisotopic (exact) mass is 390 g/mol. The van der Waals surface area contributed by atoms with Gasteiger partial charge in [0.1, 0.15) is 24.1 Å². The molecular formula is C22H22N4O3. The van der Waals surface area contributed by atoms with Crippen molar-refractivity contribution in [2.24, 2.45) is 0 Å². The van der Waals surface area contributed by atoms with Gasteiger partial charge >= 0.3 is 0 Å². The Labute approximate surface area is 168 Å². The van der Waals surface area contributed by atoms with Gasteiger partial charge in [0, 0.05) is 7.05 Å². The van der Waals surface area contributed by atoms with Crippen molar-refractivity contribution in [2.75, 3.05) is 18.6 Å². The molecule has 2 amide bonds. The molecule has 1 aliphatic heterocycles. The fraction of sp³-hybridized carbons (Fsp3) is 0.227. The highest BCUT2D eigenvalue weighted by Gasteiger charge is 2.31. The molecule has 1 N–H and O–H groups in total. The number of fused-ring (bicyclic) bond motifs is 1. The molecule has 2 aromatic carbocycles. The van der Waals surface area contributed by atoms with Crippen LogP contribution in [0.15, 0.2) is 60.7 Å². The molecule has 0 spiro atoms. The summed E-state index contributed by atoms with van der Waals surface area (Å²) in [6.07, 6.45) is 0. The smallest absolute Gasteiger partial charge is 0.270 e. The molecule has 3 aromatic rings. The molecular weight excluding hydrogens is 368 g/mol. The van der Waals surface area contributed by atoms with Gasteiger partial charge in [-0.1, -0.05) is 42.5 Å². The van der Waals surface area contributed by atoms with Crippen molar-refractivity contribution in [1.29, 1.82) is 0 Å². The molecule has 7 heteroatoms. The lowest BCUT2D eigenvalue weighted by Gasteiger charge is -2.20. The van der Waals surface area contributed by atoms with Crippen molar-refractivity contribution in [3.63, 3.8) is 0 Å². The van der Waals surface area contributed by atoms with E-state index in [4.69, 9.17) is 4.74 Å². The van der Waals surface area contributed by atoms with Gasteiger partial charge in [-0.25, -0.2) is 0 Å². The highest BCUT2D eigenvalue weighted by Crippen LogP contribution is 2.29. The highest BCUT2D eigenvalue weighted by atomic mass is 16.5. The number of carbonyl (C=O) groups excluding carboxylic acids is 2. The van der Waals surface area contributed by atoms with E-state index >= 15 is 0 Å². The van der Waals surface area contributed by atoms with Crippen molar-refractivity contribution in [3.05, 3.63) is 77.6 Å². The lowest BCUT2D eigenvalue weighted by atomic mass is 10.2. The molecule has 0 bridgehead atoms. The van der Waals surface area contributed by atoms with Crippen LogP contribution in [-0.4, -0.2) is 41.3 Å². The van der Waals surface area contributed by atoms with Gasteiger partial charge in [0.15, 0.2) is 0 Å². The van der Waals surface area contributed by atoms with E-state index in [1.165, 1.54) is 4.90 Å². The van der Waals surface area contributed by atoms with Crippen LogP contribution < -0.4 is 15.0 Å². The molecule has 1 atom stereocenters. The summed E-state index contributed by atoms with van der Waals surface area (Å²) < 4.78 is 7.42. The fourth-order valence-corrected chi connectivity index (χ4v) is 3.39. The van der Waals surface area contributed by atoms with Gasteiger partial charge in [0.25, 0.3) is 11.8 Å². The Morgan fingerprint density at radius 2 is 1.90 bits per heavy atom. The molecule has 29 heavy (non-hydrogen) atoms. The number of para-hydroxylation sites is 2. The Hall–Kier alpha value is -3.61. The minimum absolute atomic E-state index is 0.0672. The number of hydrogen-bond acceptors (Lipinski definition) is 4. The lowest BCUT2D eigenvalue weighted by molar-refractivity contribution is -0.120. The molecule has 0 aliphatic carbocycles. The molecule has 148 valence electrons. The first kappa shape index (κ1) is 18.7. The predicted molar refractivity (Wildman–Crippen MR) is 109 cm³/mol. The van der Waals surface area contributed by atoms with Crippen LogP contribution in [0.5, 0.6) is 5.75 Å². The number of nitrogens with zero attached hydrogens (tertiary/aromatic N) is 3. The maximum absolute atomic E-state index is 13.0. The van der Waals surface area contributed by atoms with Crippen molar-refractivity contribution < 1.29 is 14.3 Å². The average molecular weight is 390 g/mol. The molecule has 1 aliphatic rings. The molecule has 4 rings (SSSR count). The number of amides is 2. The van der Waals surface area contributed by atoms with Gasteiger partial charge in [-0.3, -0.25) is 14.3 Å². The molecule has 7 nitrogen and oxygen atoms in total.